The van der Waals surface area contributed by atoms with Gasteiger partial charge in [0, 0.05) is 21.7 Å². The standard InChI is InChI=1S/C26H19BrN2O5S/c1-26-21(24(31)32-2)22(17-5-3-4-6-19(17)34-26)29-23(30)20(35-25(29)28-26)13-16-11-12-18(33-16)14-7-9-15(27)10-8-14/h3-13,21-22H,1-2H3/b20-13+. The highest BCUT2D eigenvalue weighted by atomic mass is 79.9. The Bertz CT molecular complexity index is 1650. The second kappa shape index (κ2) is 8.07. The molecule has 7 nitrogen and oxygen atoms in total. The molecule has 4 heterocycles. The van der Waals surface area contributed by atoms with Gasteiger partial charge in [-0.15, -0.1) is 0 Å². The molecule has 0 saturated carbocycles. The Balaban J connectivity index is 1.51. The lowest BCUT2D eigenvalue weighted by Gasteiger charge is -2.44. The number of thiazole rings is 1. The maximum atomic E-state index is 13.6. The largest absolute Gasteiger partial charge is 0.469 e. The van der Waals surface area contributed by atoms with E-state index >= 15 is 0 Å². The van der Waals surface area contributed by atoms with Crippen LogP contribution < -0.4 is 19.6 Å². The van der Waals surface area contributed by atoms with Crippen LogP contribution in [-0.2, 0) is 9.53 Å². The summed E-state index contributed by atoms with van der Waals surface area (Å²) >= 11 is 4.68. The summed E-state index contributed by atoms with van der Waals surface area (Å²) < 4.78 is 20.3. The van der Waals surface area contributed by atoms with Gasteiger partial charge in [-0.05, 0) is 37.3 Å². The van der Waals surface area contributed by atoms with Crippen molar-refractivity contribution in [1.82, 2.24) is 4.57 Å². The van der Waals surface area contributed by atoms with Crippen molar-refractivity contribution in [1.29, 1.82) is 0 Å². The van der Waals surface area contributed by atoms with Crippen molar-refractivity contribution in [2.45, 2.75) is 18.7 Å². The number of aromatic nitrogens is 1. The number of nitrogens with zero attached hydrogens (tertiary/aromatic N) is 2. The molecule has 2 bridgehead atoms. The van der Waals surface area contributed by atoms with Crippen LogP contribution in [-0.4, -0.2) is 23.4 Å². The first-order valence-corrected chi connectivity index (χ1v) is 12.5. The van der Waals surface area contributed by atoms with Crippen LogP contribution in [0.2, 0.25) is 0 Å². The Hall–Kier alpha value is -3.43. The number of carbonyl (C=O) groups excluding carboxylic acids is 1. The Kier molecular flexibility index (Phi) is 5.08. The van der Waals surface area contributed by atoms with Crippen molar-refractivity contribution in [2.75, 3.05) is 7.11 Å². The molecule has 9 heteroatoms. The number of carbonyl (C=O) groups is 1. The molecule has 0 saturated heterocycles. The molecule has 2 aliphatic rings. The summed E-state index contributed by atoms with van der Waals surface area (Å²) in [5, 5.41) is 0. The van der Waals surface area contributed by atoms with Crippen LogP contribution in [0.1, 0.15) is 24.3 Å². The van der Waals surface area contributed by atoms with Crippen LogP contribution in [0.4, 0.5) is 0 Å². The lowest BCUT2D eigenvalue weighted by Crippen LogP contribution is -2.58. The van der Waals surface area contributed by atoms with E-state index in [-0.39, 0.29) is 5.56 Å². The van der Waals surface area contributed by atoms with Gasteiger partial charge in [0.1, 0.15) is 23.2 Å². The third-order valence-electron chi connectivity index (χ3n) is 6.36. The maximum absolute atomic E-state index is 13.6. The smallest absolute Gasteiger partial charge is 0.317 e. The van der Waals surface area contributed by atoms with Crippen molar-refractivity contribution >= 4 is 39.3 Å². The number of methoxy groups -OCH3 is 1. The molecule has 176 valence electrons. The van der Waals surface area contributed by atoms with Gasteiger partial charge in [-0.1, -0.05) is 57.6 Å². The molecular weight excluding hydrogens is 532 g/mol. The predicted molar refractivity (Wildman–Crippen MR) is 134 cm³/mol. The fourth-order valence-electron chi connectivity index (χ4n) is 4.76. The minimum atomic E-state index is -1.19. The van der Waals surface area contributed by atoms with Crippen LogP contribution in [0.15, 0.2) is 79.3 Å². The van der Waals surface area contributed by atoms with Crippen LogP contribution in [0.5, 0.6) is 5.75 Å². The first-order valence-electron chi connectivity index (χ1n) is 10.9. The van der Waals surface area contributed by atoms with Crippen molar-refractivity contribution in [3.05, 3.63) is 96.1 Å². The molecular formula is C26H19BrN2O5S. The zero-order valence-corrected chi connectivity index (χ0v) is 21.1. The van der Waals surface area contributed by atoms with E-state index in [0.29, 0.717) is 26.6 Å². The topological polar surface area (TPSA) is 83.0 Å². The summed E-state index contributed by atoms with van der Waals surface area (Å²) in [4.78, 5) is 31.7. The summed E-state index contributed by atoms with van der Waals surface area (Å²) in [7, 11) is 1.33. The molecule has 0 spiro atoms. The van der Waals surface area contributed by atoms with Gasteiger partial charge in [-0.3, -0.25) is 14.2 Å². The van der Waals surface area contributed by atoms with Crippen molar-refractivity contribution < 1.29 is 18.7 Å². The van der Waals surface area contributed by atoms with E-state index in [1.807, 2.05) is 60.7 Å². The average molecular weight is 551 g/mol. The predicted octanol–water partition coefficient (Wildman–Crippen LogP) is 3.88. The summed E-state index contributed by atoms with van der Waals surface area (Å²) in [6.07, 6.45) is 1.71. The Morgan fingerprint density at radius 2 is 1.94 bits per heavy atom. The molecule has 35 heavy (non-hydrogen) atoms. The number of furan rings is 1. The van der Waals surface area contributed by atoms with Gasteiger partial charge in [0.25, 0.3) is 5.56 Å². The van der Waals surface area contributed by atoms with Crippen molar-refractivity contribution in [3.8, 4) is 17.1 Å². The number of para-hydroxylation sites is 1. The normalized spacial score (nSPS) is 22.5. The van der Waals surface area contributed by atoms with E-state index in [0.717, 1.165) is 15.6 Å². The van der Waals surface area contributed by atoms with Gasteiger partial charge in [0.15, 0.2) is 4.80 Å². The summed E-state index contributed by atoms with van der Waals surface area (Å²) in [6, 6.07) is 18.3. The van der Waals surface area contributed by atoms with Gasteiger partial charge < -0.3 is 13.9 Å². The van der Waals surface area contributed by atoms with Crippen molar-refractivity contribution in [2.24, 2.45) is 10.9 Å². The van der Waals surface area contributed by atoms with Gasteiger partial charge in [0.05, 0.1) is 17.7 Å². The Labute approximate surface area is 212 Å². The van der Waals surface area contributed by atoms with E-state index < -0.39 is 23.7 Å². The molecule has 3 atom stereocenters. The average Bonchev–Trinajstić information content (AvgIpc) is 3.42. The number of hydrogen-bond donors (Lipinski definition) is 0. The van der Waals surface area contributed by atoms with E-state index in [4.69, 9.17) is 18.9 Å². The van der Waals surface area contributed by atoms with E-state index in [9.17, 15) is 9.59 Å². The summed E-state index contributed by atoms with van der Waals surface area (Å²) in [6.45, 7) is 1.76. The fraction of sp³-hybridized carbons (Fsp3) is 0.192. The highest BCUT2D eigenvalue weighted by molar-refractivity contribution is 9.10. The molecule has 4 aromatic rings. The van der Waals surface area contributed by atoms with Crippen LogP contribution in [0, 0.1) is 5.92 Å². The molecule has 6 rings (SSSR count). The zero-order valence-electron chi connectivity index (χ0n) is 18.7. The molecule has 0 fully saturated rings. The quantitative estimate of drug-likeness (QED) is 0.361. The van der Waals surface area contributed by atoms with E-state index in [1.165, 1.54) is 18.4 Å². The van der Waals surface area contributed by atoms with Gasteiger partial charge in [-0.2, -0.15) is 0 Å². The van der Waals surface area contributed by atoms with Crippen molar-refractivity contribution in [3.63, 3.8) is 0 Å². The number of hydrogen-bond acceptors (Lipinski definition) is 7. The van der Waals surface area contributed by atoms with Gasteiger partial charge in [0.2, 0.25) is 5.72 Å². The molecule has 0 N–H and O–H groups in total. The van der Waals surface area contributed by atoms with E-state index in [1.54, 1.807) is 17.6 Å². The maximum Gasteiger partial charge on any atom is 0.317 e. The second-order valence-corrected chi connectivity index (χ2v) is 10.5. The van der Waals surface area contributed by atoms with E-state index in [2.05, 4.69) is 15.9 Å². The van der Waals surface area contributed by atoms with Gasteiger partial charge >= 0.3 is 5.97 Å². The Morgan fingerprint density at radius 1 is 1.17 bits per heavy atom. The third-order valence-corrected chi connectivity index (χ3v) is 7.88. The number of fused-ring (bicyclic) bond motifs is 6. The number of esters is 1. The molecule has 2 aliphatic heterocycles. The molecule has 3 unspecified atom stereocenters. The fourth-order valence-corrected chi connectivity index (χ4v) is 6.10. The van der Waals surface area contributed by atoms with Gasteiger partial charge in [-0.25, -0.2) is 4.99 Å². The first-order chi connectivity index (χ1) is 16.9. The monoisotopic (exact) mass is 550 g/mol. The zero-order chi connectivity index (χ0) is 24.3. The van der Waals surface area contributed by atoms with Crippen LogP contribution in [0.3, 0.4) is 0 Å². The highest BCUT2D eigenvalue weighted by Gasteiger charge is 2.55. The van der Waals surface area contributed by atoms with Crippen LogP contribution in [0.25, 0.3) is 17.4 Å². The minimum absolute atomic E-state index is 0.243. The minimum Gasteiger partial charge on any atom is -0.469 e. The Morgan fingerprint density at radius 3 is 2.71 bits per heavy atom. The summed E-state index contributed by atoms with van der Waals surface area (Å²) in [5.74, 6) is 0.571. The molecule has 0 amide bonds. The number of halogens is 1. The third kappa shape index (κ3) is 3.49. The van der Waals surface area contributed by atoms with Crippen LogP contribution >= 0.6 is 27.3 Å². The number of rotatable bonds is 3. The molecule has 2 aromatic carbocycles. The highest BCUT2D eigenvalue weighted by Crippen LogP contribution is 2.47. The lowest BCUT2D eigenvalue weighted by molar-refractivity contribution is -0.158. The summed E-state index contributed by atoms with van der Waals surface area (Å²) in [5.41, 5.74) is 0.244. The molecule has 0 aliphatic carbocycles. The number of ether oxygens (including phenoxy) is 2. The SMILES string of the molecule is COC(=O)C1C2c3ccccc3OC1(C)N=c1s/c(=C/c3ccc(-c4ccc(Br)cc4)o3)c(=O)n12. The molecule has 2 aromatic heterocycles. The second-order valence-electron chi connectivity index (χ2n) is 8.53. The molecule has 0 radical (unpaired) electrons. The lowest BCUT2D eigenvalue weighted by atomic mass is 9.81. The number of benzene rings is 2. The first kappa shape index (κ1) is 22.1.